The Morgan fingerprint density at radius 3 is 2.34 bits per heavy atom. The highest BCUT2D eigenvalue weighted by atomic mass is 35.5. The number of esters is 2. The van der Waals surface area contributed by atoms with Crippen LogP contribution in [0.15, 0.2) is 12.1 Å². The standard InChI is InChI=1S/C19H21Cl2F3O5/c1-3-28-17(26)18(7-5-4-6-15(18)27-2)29-16(25)10-12-13(20)8-11(9-14(12)21)19(22,23)24/h8-9,15H,3-7,10H2,1-2H3. The molecule has 0 radical (unpaired) electrons. The summed E-state index contributed by atoms with van der Waals surface area (Å²) >= 11 is 11.8. The molecule has 0 aromatic heterocycles. The van der Waals surface area contributed by atoms with Crippen LogP contribution < -0.4 is 0 Å². The van der Waals surface area contributed by atoms with Crippen molar-refractivity contribution in [2.24, 2.45) is 0 Å². The molecule has 1 fully saturated rings. The molecule has 1 aliphatic rings. The second-order valence-corrected chi connectivity index (χ2v) is 7.46. The monoisotopic (exact) mass is 456 g/mol. The Labute approximate surface area is 176 Å². The van der Waals surface area contributed by atoms with Gasteiger partial charge in [0, 0.05) is 29.1 Å². The van der Waals surface area contributed by atoms with Crippen molar-refractivity contribution >= 4 is 35.1 Å². The smallest absolute Gasteiger partial charge is 0.416 e. The fourth-order valence-corrected chi connectivity index (χ4v) is 4.00. The number of carbonyl (C=O) groups excluding carboxylic acids is 2. The predicted octanol–water partition coefficient (Wildman–Crippen LogP) is 4.99. The number of benzene rings is 1. The average Bonchev–Trinajstić information content (AvgIpc) is 2.64. The fourth-order valence-electron chi connectivity index (χ4n) is 3.38. The molecule has 1 aromatic carbocycles. The molecule has 0 amide bonds. The summed E-state index contributed by atoms with van der Waals surface area (Å²) in [7, 11) is 1.40. The van der Waals surface area contributed by atoms with Gasteiger partial charge in [0.2, 0.25) is 5.60 Å². The molecule has 0 heterocycles. The average molecular weight is 457 g/mol. The normalized spacial score (nSPS) is 22.2. The third kappa shape index (κ3) is 5.35. The van der Waals surface area contributed by atoms with Gasteiger partial charge in [-0.3, -0.25) is 4.79 Å². The lowest BCUT2D eigenvalue weighted by atomic mass is 9.81. The van der Waals surface area contributed by atoms with Crippen molar-refractivity contribution in [3.8, 4) is 0 Å². The second kappa shape index (κ2) is 9.53. The van der Waals surface area contributed by atoms with Gasteiger partial charge < -0.3 is 14.2 Å². The Kier molecular flexibility index (Phi) is 7.81. The summed E-state index contributed by atoms with van der Waals surface area (Å²) in [6.07, 6.45) is -3.73. The molecule has 2 rings (SSSR count). The lowest BCUT2D eigenvalue weighted by Gasteiger charge is -2.40. The van der Waals surface area contributed by atoms with Crippen LogP contribution in [0.3, 0.4) is 0 Å². The summed E-state index contributed by atoms with van der Waals surface area (Å²) in [5, 5.41) is -0.641. The molecule has 0 aliphatic heterocycles. The second-order valence-electron chi connectivity index (χ2n) is 6.65. The predicted molar refractivity (Wildman–Crippen MR) is 99.9 cm³/mol. The van der Waals surface area contributed by atoms with Gasteiger partial charge in [0.05, 0.1) is 18.6 Å². The van der Waals surface area contributed by atoms with E-state index in [2.05, 4.69) is 0 Å². The molecule has 1 saturated carbocycles. The van der Waals surface area contributed by atoms with E-state index in [4.69, 9.17) is 37.4 Å². The van der Waals surface area contributed by atoms with Crippen LogP contribution in [0.4, 0.5) is 13.2 Å². The molecule has 162 valence electrons. The first-order valence-corrected chi connectivity index (χ1v) is 9.77. The van der Waals surface area contributed by atoms with Crippen molar-refractivity contribution in [1.29, 1.82) is 0 Å². The van der Waals surface area contributed by atoms with Crippen molar-refractivity contribution in [1.82, 2.24) is 0 Å². The van der Waals surface area contributed by atoms with Crippen LogP contribution in [-0.4, -0.2) is 37.4 Å². The maximum Gasteiger partial charge on any atom is 0.416 e. The quantitative estimate of drug-likeness (QED) is 0.564. The van der Waals surface area contributed by atoms with Crippen LogP contribution in [0.25, 0.3) is 0 Å². The van der Waals surface area contributed by atoms with E-state index in [-0.39, 0.29) is 28.6 Å². The van der Waals surface area contributed by atoms with E-state index in [1.54, 1.807) is 6.92 Å². The highest BCUT2D eigenvalue weighted by molar-refractivity contribution is 6.36. The number of halogens is 5. The van der Waals surface area contributed by atoms with Gasteiger partial charge >= 0.3 is 18.1 Å². The molecule has 1 aliphatic carbocycles. The summed E-state index contributed by atoms with van der Waals surface area (Å²) in [5.74, 6) is -1.59. The number of alkyl halides is 3. The minimum Gasteiger partial charge on any atom is -0.463 e. The first-order chi connectivity index (χ1) is 13.5. The van der Waals surface area contributed by atoms with E-state index < -0.39 is 41.8 Å². The summed E-state index contributed by atoms with van der Waals surface area (Å²) in [4.78, 5) is 25.2. The maximum absolute atomic E-state index is 12.9. The van der Waals surface area contributed by atoms with E-state index in [0.717, 1.165) is 6.42 Å². The molecule has 0 bridgehead atoms. The molecular formula is C19H21Cl2F3O5. The van der Waals surface area contributed by atoms with E-state index >= 15 is 0 Å². The third-order valence-electron chi connectivity index (χ3n) is 4.78. The lowest BCUT2D eigenvalue weighted by molar-refractivity contribution is -0.204. The first-order valence-electron chi connectivity index (χ1n) is 9.02. The zero-order valence-corrected chi connectivity index (χ0v) is 17.4. The zero-order chi connectivity index (χ0) is 21.8. The van der Waals surface area contributed by atoms with Crippen LogP contribution in [0.1, 0.15) is 43.7 Å². The molecule has 0 N–H and O–H groups in total. The fraction of sp³-hybridized carbons (Fsp3) is 0.579. The lowest BCUT2D eigenvalue weighted by Crippen LogP contribution is -2.56. The first kappa shape index (κ1) is 23.8. The van der Waals surface area contributed by atoms with Crippen molar-refractivity contribution in [2.75, 3.05) is 13.7 Å². The van der Waals surface area contributed by atoms with Gasteiger partial charge in [-0.15, -0.1) is 0 Å². The molecule has 2 atom stereocenters. The maximum atomic E-state index is 12.9. The Morgan fingerprint density at radius 1 is 1.21 bits per heavy atom. The molecule has 1 aromatic rings. The number of ether oxygens (including phenoxy) is 3. The molecule has 0 saturated heterocycles. The minimum absolute atomic E-state index is 0.0184. The van der Waals surface area contributed by atoms with E-state index in [1.165, 1.54) is 7.11 Å². The number of hydrogen-bond acceptors (Lipinski definition) is 5. The summed E-state index contributed by atoms with van der Waals surface area (Å²) in [5.41, 5.74) is -2.67. The van der Waals surface area contributed by atoms with Gasteiger partial charge in [-0.2, -0.15) is 13.2 Å². The van der Waals surface area contributed by atoms with Crippen molar-refractivity contribution in [2.45, 2.75) is 56.9 Å². The van der Waals surface area contributed by atoms with Crippen molar-refractivity contribution in [3.05, 3.63) is 33.3 Å². The van der Waals surface area contributed by atoms with E-state index in [1.807, 2.05) is 0 Å². The number of rotatable bonds is 6. The number of hydrogen-bond donors (Lipinski definition) is 0. The van der Waals surface area contributed by atoms with Crippen LogP contribution in [0, 0.1) is 0 Å². The highest BCUT2D eigenvalue weighted by Gasteiger charge is 2.52. The Bertz CT molecular complexity index is 746. The van der Waals surface area contributed by atoms with Crippen molar-refractivity contribution in [3.63, 3.8) is 0 Å². The van der Waals surface area contributed by atoms with E-state index in [0.29, 0.717) is 25.0 Å². The molecule has 2 unspecified atom stereocenters. The topological polar surface area (TPSA) is 61.8 Å². The molecule has 29 heavy (non-hydrogen) atoms. The molecule has 10 heteroatoms. The highest BCUT2D eigenvalue weighted by Crippen LogP contribution is 2.38. The van der Waals surface area contributed by atoms with Crippen LogP contribution in [-0.2, 0) is 36.4 Å². The van der Waals surface area contributed by atoms with Gasteiger partial charge in [0.1, 0.15) is 6.10 Å². The molecule has 5 nitrogen and oxygen atoms in total. The van der Waals surface area contributed by atoms with Gasteiger partial charge in [-0.1, -0.05) is 29.6 Å². The largest absolute Gasteiger partial charge is 0.463 e. The van der Waals surface area contributed by atoms with Gasteiger partial charge in [-0.25, -0.2) is 4.79 Å². The third-order valence-corrected chi connectivity index (χ3v) is 5.45. The Morgan fingerprint density at radius 2 is 1.83 bits per heavy atom. The SMILES string of the molecule is CCOC(=O)C1(OC(=O)Cc2c(Cl)cc(C(F)(F)F)cc2Cl)CCCCC1OC. The van der Waals surface area contributed by atoms with Gasteiger partial charge in [0.15, 0.2) is 0 Å². The zero-order valence-electron chi connectivity index (χ0n) is 15.9. The number of methoxy groups -OCH3 is 1. The van der Waals surface area contributed by atoms with Crippen LogP contribution >= 0.6 is 23.2 Å². The summed E-state index contributed by atoms with van der Waals surface area (Å²) in [6.45, 7) is 1.71. The summed E-state index contributed by atoms with van der Waals surface area (Å²) in [6, 6.07) is 1.38. The van der Waals surface area contributed by atoms with Crippen LogP contribution in [0.5, 0.6) is 0 Å². The minimum atomic E-state index is -4.63. The van der Waals surface area contributed by atoms with Crippen LogP contribution in [0.2, 0.25) is 10.0 Å². The van der Waals surface area contributed by atoms with Crippen molar-refractivity contribution < 1.29 is 37.0 Å². The molecular weight excluding hydrogens is 436 g/mol. The van der Waals surface area contributed by atoms with Gasteiger partial charge in [-0.05, 0) is 31.9 Å². The molecule has 0 spiro atoms. The van der Waals surface area contributed by atoms with E-state index in [9.17, 15) is 22.8 Å². The summed E-state index contributed by atoms with van der Waals surface area (Å²) < 4.78 is 54.6. The Balaban J connectivity index is 2.28. The Hall–Kier alpha value is -1.51. The number of carbonyl (C=O) groups is 2. The van der Waals surface area contributed by atoms with Gasteiger partial charge in [0.25, 0.3) is 0 Å².